The summed E-state index contributed by atoms with van der Waals surface area (Å²) in [7, 11) is 0. The van der Waals surface area contributed by atoms with Crippen LogP contribution in [0.25, 0.3) is 34.6 Å². The average molecular weight is 409 g/mol. The van der Waals surface area contributed by atoms with Crippen LogP contribution in [0.2, 0.25) is 5.02 Å². The van der Waals surface area contributed by atoms with Crippen LogP contribution < -0.4 is 11.1 Å². The van der Waals surface area contributed by atoms with E-state index >= 15 is 0 Å². The van der Waals surface area contributed by atoms with Gasteiger partial charge in [-0.1, -0.05) is 35.8 Å². The fourth-order valence-corrected chi connectivity index (χ4v) is 3.26. The molecule has 4 aromatic rings. The van der Waals surface area contributed by atoms with Crippen molar-refractivity contribution in [3.63, 3.8) is 0 Å². The van der Waals surface area contributed by atoms with Gasteiger partial charge in [-0.15, -0.1) is 0 Å². The molecular formula is C21H17ClN4O3. The van der Waals surface area contributed by atoms with Gasteiger partial charge in [0.05, 0.1) is 11.0 Å². The highest BCUT2D eigenvalue weighted by atomic mass is 35.5. The largest absolute Gasteiger partial charge is 0.334 e. The molecule has 0 aliphatic rings. The van der Waals surface area contributed by atoms with Gasteiger partial charge < -0.3 is 14.1 Å². The monoisotopic (exact) mass is 408 g/mol. The van der Waals surface area contributed by atoms with E-state index in [9.17, 15) is 9.59 Å². The molecule has 29 heavy (non-hydrogen) atoms. The molecule has 7 nitrogen and oxygen atoms in total. The van der Waals surface area contributed by atoms with E-state index in [1.54, 1.807) is 30.3 Å². The maximum atomic E-state index is 12.1. The third kappa shape index (κ3) is 3.90. The third-order valence-corrected chi connectivity index (χ3v) is 4.62. The molecule has 0 atom stereocenters. The summed E-state index contributed by atoms with van der Waals surface area (Å²) in [6.45, 7) is 2.42. The molecule has 2 aromatic carbocycles. The predicted octanol–water partition coefficient (Wildman–Crippen LogP) is 3.97. The summed E-state index contributed by atoms with van der Waals surface area (Å²) < 4.78 is 6.76. The maximum Gasteiger partial charge on any atom is 0.316 e. The van der Waals surface area contributed by atoms with Crippen molar-refractivity contribution in [2.24, 2.45) is 0 Å². The average Bonchev–Trinajstić information content (AvgIpc) is 3.19. The highest BCUT2D eigenvalue weighted by Gasteiger charge is 2.11. The molecule has 0 fully saturated rings. The first kappa shape index (κ1) is 18.9. The highest BCUT2D eigenvalue weighted by molar-refractivity contribution is 6.30. The summed E-state index contributed by atoms with van der Waals surface area (Å²) >= 11 is 5.98. The Labute approximate surface area is 170 Å². The van der Waals surface area contributed by atoms with E-state index in [1.807, 2.05) is 31.2 Å². The molecule has 0 aliphatic heterocycles. The summed E-state index contributed by atoms with van der Waals surface area (Å²) in [5.41, 5.74) is 1.57. The lowest BCUT2D eigenvalue weighted by atomic mass is 10.1. The molecule has 0 aliphatic carbocycles. The van der Waals surface area contributed by atoms with Crippen LogP contribution in [0.3, 0.4) is 0 Å². The van der Waals surface area contributed by atoms with Gasteiger partial charge in [-0.3, -0.25) is 9.59 Å². The standard InChI is InChI=1S/C21H17ClN4O3/c1-2-10-26-17-8-7-14(12-16(17)23-20(27)21(26)28)19-24-18(29-25-19)9-6-13-4-3-5-15(22)11-13/h3-9,11-12H,2,10H2,1H3,(H,23,27)/b9-6+. The lowest BCUT2D eigenvalue weighted by Gasteiger charge is -2.08. The zero-order valence-electron chi connectivity index (χ0n) is 15.6. The molecule has 0 amide bonds. The van der Waals surface area contributed by atoms with Crippen LogP contribution in [0.15, 0.2) is 56.6 Å². The van der Waals surface area contributed by atoms with Gasteiger partial charge in [0.25, 0.3) is 5.89 Å². The van der Waals surface area contributed by atoms with E-state index in [1.165, 1.54) is 4.57 Å². The molecule has 2 aromatic heterocycles. The van der Waals surface area contributed by atoms with Crippen molar-refractivity contribution in [1.82, 2.24) is 19.7 Å². The maximum absolute atomic E-state index is 12.1. The van der Waals surface area contributed by atoms with Crippen molar-refractivity contribution < 1.29 is 4.52 Å². The van der Waals surface area contributed by atoms with Gasteiger partial charge in [0.2, 0.25) is 5.82 Å². The first-order valence-electron chi connectivity index (χ1n) is 9.10. The van der Waals surface area contributed by atoms with Crippen molar-refractivity contribution in [1.29, 1.82) is 0 Å². The summed E-state index contributed by atoms with van der Waals surface area (Å²) in [6, 6.07) is 12.7. The van der Waals surface area contributed by atoms with Crippen molar-refractivity contribution >= 4 is 34.8 Å². The Kier molecular flexibility index (Phi) is 5.14. The van der Waals surface area contributed by atoms with Gasteiger partial charge in [-0.2, -0.15) is 4.98 Å². The Balaban J connectivity index is 1.68. The number of halogens is 1. The molecule has 0 spiro atoms. The Hall–Kier alpha value is -3.45. The molecule has 0 unspecified atom stereocenters. The molecular weight excluding hydrogens is 392 g/mol. The zero-order chi connectivity index (χ0) is 20.4. The van der Waals surface area contributed by atoms with E-state index in [4.69, 9.17) is 16.1 Å². The molecule has 4 rings (SSSR count). The number of nitrogens with zero attached hydrogens (tertiary/aromatic N) is 3. The van der Waals surface area contributed by atoms with Crippen molar-refractivity contribution in [3.05, 3.63) is 79.6 Å². The van der Waals surface area contributed by atoms with Crippen LogP contribution in [0.1, 0.15) is 24.8 Å². The van der Waals surface area contributed by atoms with E-state index < -0.39 is 11.1 Å². The quantitative estimate of drug-likeness (QED) is 0.504. The number of aromatic nitrogens is 4. The van der Waals surface area contributed by atoms with Crippen molar-refractivity contribution in [3.8, 4) is 11.4 Å². The molecule has 0 bridgehead atoms. The molecule has 0 radical (unpaired) electrons. The van der Waals surface area contributed by atoms with Gasteiger partial charge in [0.15, 0.2) is 0 Å². The summed E-state index contributed by atoms with van der Waals surface area (Å²) in [4.78, 5) is 31.1. The molecule has 146 valence electrons. The van der Waals surface area contributed by atoms with Gasteiger partial charge in [-0.25, -0.2) is 0 Å². The number of rotatable bonds is 5. The second-order valence-electron chi connectivity index (χ2n) is 6.49. The molecule has 0 saturated carbocycles. The van der Waals surface area contributed by atoms with E-state index in [0.717, 1.165) is 12.0 Å². The Morgan fingerprint density at radius 1 is 1.17 bits per heavy atom. The predicted molar refractivity (Wildman–Crippen MR) is 113 cm³/mol. The lowest BCUT2D eigenvalue weighted by molar-refractivity contribution is 0.411. The number of aryl methyl sites for hydroxylation is 1. The summed E-state index contributed by atoms with van der Waals surface area (Å²) in [6.07, 6.45) is 4.27. The minimum atomic E-state index is -0.652. The van der Waals surface area contributed by atoms with Crippen LogP contribution in [0.4, 0.5) is 0 Å². The number of hydrogen-bond acceptors (Lipinski definition) is 5. The van der Waals surface area contributed by atoms with Gasteiger partial charge >= 0.3 is 11.1 Å². The Morgan fingerprint density at radius 3 is 2.83 bits per heavy atom. The highest BCUT2D eigenvalue weighted by Crippen LogP contribution is 2.21. The summed E-state index contributed by atoms with van der Waals surface area (Å²) in [5, 5.41) is 4.64. The minimum Gasteiger partial charge on any atom is -0.334 e. The number of nitrogens with one attached hydrogen (secondary N) is 1. The van der Waals surface area contributed by atoms with Crippen molar-refractivity contribution in [2.75, 3.05) is 0 Å². The fraction of sp³-hybridized carbons (Fsp3) is 0.143. The van der Waals surface area contributed by atoms with Crippen LogP contribution in [-0.4, -0.2) is 19.7 Å². The summed E-state index contributed by atoms with van der Waals surface area (Å²) in [5.74, 6) is 0.719. The van der Waals surface area contributed by atoms with E-state index in [-0.39, 0.29) is 0 Å². The second kappa shape index (κ2) is 7.89. The minimum absolute atomic E-state index is 0.338. The fourth-order valence-electron chi connectivity index (χ4n) is 3.06. The Morgan fingerprint density at radius 2 is 2.03 bits per heavy atom. The van der Waals surface area contributed by atoms with Crippen LogP contribution in [0, 0.1) is 0 Å². The lowest BCUT2D eigenvalue weighted by Crippen LogP contribution is -2.36. The number of H-pyrrole nitrogens is 1. The van der Waals surface area contributed by atoms with Crippen molar-refractivity contribution in [2.45, 2.75) is 19.9 Å². The van der Waals surface area contributed by atoms with Gasteiger partial charge in [-0.05, 0) is 48.4 Å². The van der Waals surface area contributed by atoms with E-state index in [2.05, 4.69) is 15.1 Å². The smallest absolute Gasteiger partial charge is 0.316 e. The number of hydrogen-bond donors (Lipinski definition) is 1. The number of fused-ring (bicyclic) bond motifs is 1. The zero-order valence-corrected chi connectivity index (χ0v) is 16.3. The molecule has 0 saturated heterocycles. The normalized spacial score (nSPS) is 11.5. The number of benzene rings is 2. The molecule has 2 heterocycles. The molecule has 1 N–H and O–H groups in total. The van der Waals surface area contributed by atoms with Gasteiger partial charge in [0.1, 0.15) is 0 Å². The van der Waals surface area contributed by atoms with Crippen LogP contribution in [0.5, 0.6) is 0 Å². The first-order chi connectivity index (χ1) is 14.0. The van der Waals surface area contributed by atoms with E-state index in [0.29, 0.717) is 39.9 Å². The second-order valence-corrected chi connectivity index (χ2v) is 6.92. The first-order valence-corrected chi connectivity index (χ1v) is 9.47. The van der Waals surface area contributed by atoms with Crippen LogP contribution in [-0.2, 0) is 6.54 Å². The van der Waals surface area contributed by atoms with Crippen LogP contribution >= 0.6 is 11.6 Å². The SMILES string of the molecule is CCCn1c(=O)c(=O)[nH]c2cc(-c3noc(/C=C/c4cccc(Cl)c4)n3)ccc21. The molecule has 8 heteroatoms. The third-order valence-electron chi connectivity index (χ3n) is 4.39. The van der Waals surface area contributed by atoms with Gasteiger partial charge in [0, 0.05) is 23.2 Å². The topological polar surface area (TPSA) is 93.8 Å². The Bertz CT molecular complexity index is 1330. The number of aromatic amines is 1.